The third kappa shape index (κ3) is 7.91. The van der Waals surface area contributed by atoms with Gasteiger partial charge in [0, 0.05) is 12.6 Å². The van der Waals surface area contributed by atoms with Crippen molar-refractivity contribution in [1.29, 1.82) is 0 Å². The number of nitrogens with one attached hydrogen (secondary N) is 1. The van der Waals surface area contributed by atoms with E-state index in [9.17, 15) is 0 Å². The summed E-state index contributed by atoms with van der Waals surface area (Å²) < 4.78 is 0.921. The Hall–Kier alpha value is -0.310. The maximum atomic E-state index is 4.35. The summed E-state index contributed by atoms with van der Waals surface area (Å²) in [5.41, 5.74) is 0. The van der Waals surface area contributed by atoms with E-state index in [0.29, 0.717) is 0 Å². The minimum atomic E-state index is 0.921. The third-order valence-electron chi connectivity index (χ3n) is 3.37. The number of aromatic amines is 1. The first-order chi connectivity index (χ1) is 8.83. The molecule has 0 aliphatic rings. The van der Waals surface area contributed by atoms with Crippen molar-refractivity contribution in [2.75, 3.05) is 0 Å². The molecule has 0 bridgehead atoms. The van der Waals surface area contributed by atoms with Crippen molar-refractivity contribution in [3.8, 4) is 0 Å². The summed E-state index contributed by atoms with van der Waals surface area (Å²) in [7, 11) is 0. The number of aryl methyl sites for hydroxylation is 1. The summed E-state index contributed by atoms with van der Waals surface area (Å²) in [6.45, 7) is 2.28. The summed E-state index contributed by atoms with van der Waals surface area (Å²) in [4.78, 5) is 7.53. The Morgan fingerprint density at radius 3 is 2.00 bits per heavy atom. The van der Waals surface area contributed by atoms with Gasteiger partial charge in [0.1, 0.15) is 10.4 Å². The quantitative estimate of drug-likeness (QED) is 0.526. The number of unbranched alkanes of at least 4 members (excludes halogenated alkanes) is 9. The lowest BCUT2D eigenvalue weighted by Crippen LogP contribution is -1.88. The van der Waals surface area contributed by atoms with E-state index in [1.165, 1.54) is 64.2 Å². The van der Waals surface area contributed by atoms with Gasteiger partial charge < -0.3 is 4.98 Å². The Morgan fingerprint density at radius 1 is 0.944 bits per heavy atom. The number of hydrogen-bond acceptors (Lipinski definition) is 1. The van der Waals surface area contributed by atoms with Gasteiger partial charge in [0.25, 0.3) is 0 Å². The van der Waals surface area contributed by atoms with E-state index < -0.39 is 0 Å². The molecule has 1 heterocycles. The molecular weight excluding hydrogens is 288 g/mol. The minimum Gasteiger partial charge on any atom is -0.348 e. The van der Waals surface area contributed by atoms with Crippen LogP contribution in [0.4, 0.5) is 0 Å². The molecule has 0 aliphatic heterocycles. The number of aromatic nitrogens is 2. The largest absolute Gasteiger partial charge is 0.348 e. The summed E-state index contributed by atoms with van der Waals surface area (Å²) in [6, 6.07) is 0. The van der Waals surface area contributed by atoms with Crippen molar-refractivity contribution in [1.82, 2.24) is 9.97 Å². The molecule has 0 unspecified atom stereocenters. The highest BCUT2D eigenvalue weighted by atomic mass is 79.9. The molecular formula is C15H27BrN2. The molecule has 0 saturated heterocycles. The molecule has 0 aliphatic carbocycles. The lowest BCUT2D eigenvalue weighted by molar-refractivity contribution is 0.554. The van der Waals surface area contributed by atoms with Crippen LogP contribution < -0.4 is 0 Å². The molecule has 0 atom stereocenters. The molecule has 0 saturated carbocycles. The highest BCUT2D eigenvalue weighted by molar-refractivity contribution is 9.10. The van der Waals surface area contributed by atoms with E-state index >= 15 is 0 Å². The van der Waals surface area contributed by atoms with Crippen LogP contribution in [0.15, 0.2) is 10.8 Å². The Morgan fingerprint density at radius 2 is 1.50 bits per heavy atom. The number of nitrogens with zero attached hydrogens (tertiary/aromatic N) is 1. The van der Waals surface area contributed by atoms with Gasteiger partial charge in [-0.3, -0.25) is 0 Å². The van der Waals surface area contributed by atoms with Crippen LogP contribution in [0.2, 0.25) is 0 Å². The fourth-order valence-corrected chi connectivity index (χ4v) is 2.57. The van der Waals surface area contributed by atoms with Crippen LogP contribution in [-0.2, 0) is 6.42 Å². The van der Waals surface area contributed by atoms with Crippen molar-refractivity contribution in [2.45, 2.75) is 77.6 Å². The van der Waals surface area contributed by atoms with Crippen LogP contribution in [0.5, 0.6) is 0 Å². The Balaban J connectivity index is 1.81. The third-order valence-corrected chi connectivity index (χ3v) is 3.77. The van der Waals surface area contributed by atoms with Gasteiger partial charge in [0.05, 0.1) is 0 Å². The van der Waals surface area contributed by atoms with E-state index in [-0.39, 0.29) is 0 Å². The smallest absolute Gasteiger partial charge is 0.124 e. The molecule has 104 valence electrons. The normalized spacial score (nSPS) is 11.0. The van der Waals surface area contributed by atoms with Gasteiger partial charge in [-0.2, -0.15) is 0 Å². The predicted molar refractivity (Wildman–Crippen MR) is 81.8 cm³/mol. The minimum absolute atomic E-state index is 0.921. The van der Waals surface area contributed by atoms with Crippen molar-refractivity contribution >= 4 is 15.9 Å². The maximum absolute atomic E-state index is 4.35. The second kappa shape index (κ2) is 10.6. The van der Waals surface area contributed by atoms with Gasteiger partial charge in [0.15, 0.2) is 0 Å². The first-order valence-corrected chi connectivity index (χ1v) is 8.32. The van der Waals surface area contributed by atoms with Crippen molar-refractivity contribution in [3.63, 3.8) is 0 Å². The molecule has 0 fully saturated rings. The zero-order chi connectivity index (χ0) is 13.1. The van der Waals surface area contributed by atoms with Gasteiger partial charge in [-0.25, -0.2) is 4.98 Å². The van der Waals surface area contributed by atoms with E-state index in [1.807, 2.05) is 6.20 Å². The monoisotopic (exact) mass is 314 g/mol. The first-order valence-electron chi connectivity index (χ1n) is 7.52. The number of hydrogen-bond donors (Lipinski definition) is 1. The van der Waals surface area contributed by atoms with Crippen LogP contribution in [-0.4, -0.2) is 9.97 Å². The van der Waals surface area contributed by atoms with Gasteiger partial charge in [-0.15, -0.1) is 0 Å². The van der Waals surface area contributed by atoms with E-state index in [2.05, 4.69) is 32.8 Å². The Kier molecular flexibility index (Phi) is 9.27. The number of rotatable bonds is 11. The highest BCUT2D eigenvalue weighted by Gasteiger charge is 1.98. The topological polar surface area (TPSA) is 28.7 Å². The SMILES string of the molecule is CCCCCCCCCCCCc1nc(Br)c[nH]1. The van der Waals surface area contributed by atoms with Crippen LogP contribution >= 0.6 is 15.9 Å². The summed E-state index contributed by atoms with van der Waals surface area (Å²) in [5, 5.41) is 0. The van der Waals surface area contributed by atoms with Crippen molar-refractivity contribution < 1.29 is 0 Å². The van der Waals surface area contributed by atoms with Crippen LogP contribution in [0.1, 0.15) is 77.0 Å². The maximum Gasteiger partial charge on any atom is 0.124 e. The van der Waals surface area contributed by atoms with E-state index in [1.54, 1.807) is 0 Å². The zero-order valence-corrected chi connectivity index (χ0v) is 13.3. The summed E-state index contributed by atoms with van der Waals surface area (Å²) in [5.74, 6) is 1.11. The number of halogens is 1. The first kappa shape index (κ1) is 15.7. The highest BCUT2D eigenvalue weighted by Crippen LogP contribution is 2.12. The zero-order valence-electron chi connectivity index (χ0n) is 11.7. The predicted octanol–water partition coefficient (Wildman–Crippen LogP) is 5.64. The van der Waals surface area contributed by atoms with Gasteiger partial charge >= 0.3 is 0 Å². The van der Waals surface area contributed by atoms with E-state index in [4.69, 9.17) is 0 Å². The average Bonchev–Trinajstić information content (AvgIpc) is 2.77. The molecule has 1 aromatic heterocycles. The molecule has 2 nitrogen and oxygen atoms in total. The fraction of sp³-hybridized carbons (Fsp3) is 0.800. The van der Waals surface area contributed by atoms with E-state index in [0.717, 1.165) is 16.8 Å². The molecule has 0 spiro atoms. The fourth-order valence-electron chi connectivity index (χ4n) is 2.24. The van der Waals surface area contributed by atoms with Crippen LogP contribution in [0.25, 0.3) is 0 Å². The molecule has 1 N–H and O–H groups in total. The average molecular weight is 315 g/mol. The molecule has 0 radical (unpaired) electrons. The number of imidazole rings is 1. The standard InChI is InChI=1S/C15H27BrN2/c1-2-3-4-5-6-7-8-9-10-11-12-15-17-13-14(16)18-15/h13H,2-12H2,1H3,(H,17,18). The second-order valence-corrected chi connectivity index (χ2v) is 5.91. The molecule has 3 heteroatoms. The lowest BCUT2D eigenvalue weighted by Gasteiger charge is -2.01. The molecule has 0 aromatic carbocycles. The van der Waals surface area contributed by atoms with Gasteiger partial charge in [-0.1, -0.05) is 64.7 Å². The number of H-pyrrole nitrogens is 1. The lowest BCUT2D eigenvalue weighted by atomic mass is 10.1. The summed E-state index contributed by atoms with van der Waals surface area (Å²) in [6.07, 6.45) is 16.9. The Bertz CT molecular complexity index is 296. The van der Waals surface area contributed by atoms with Gasteiger partial charge in [0.2, 0.25) is 0 Å². The van der Waals surface area contributed by atoms with Crippen LogP contribution in [0.3, 0.4) is 0 Å². The molecule has 0 amide bonds. The van der Waals surface area contributed by atoms with Crippen molar-refractivity contribution in [2.24, 2.45) is 0 Å². The van der Waals surface area contributed by atoms with Gasteiger partial charge in [-0.05, 0) is 22.4 Å². The summed E-state index contributed by atoms with van der Waals surface area (Å²) >= 11 is 3.36. The molecule has 18 heavy (non-hydrogen) atoms. The Labute approximate surface area is 120 Å². The van der Waals surface area contributed by atoms with Crippen molar-refractivity contribution in [3.05, 3.63) is 16.6 Å². The molecule has 1 aromatic rings. The van der Waals surface area contributed by atoms with Crippen LogP contribution in [0, 0.1) is 0 Å². The second-order valence-electron chi connectivity index (χ2n) is 5.10. The molecule has 1 rings (SSSR count).